The van der Waals surface area contributed by atoms with Crippen LogP contribution in [-0.4, -0.2) is 41.8 Å². The number of carbonyl (C=O) groups excluding carboxylic acids is 1. The van der Waals surface area contributed by atoms with Crippen molar-refractivity contribution >= 4 is 34.2 Å². The quantitative estimate of drug-likeness (QED) is 0.258. The van der Waals surface area contributed by atoms with E-state index in [4.69, 9.17) is 0 Å². The van der Waals surface area contributed by atoms with Crippen molar-refractivity contribution in [1.82, 2.24) is 5.32 Å². The Bertz CT molecular complexity index is 372. The standard InChI is InChI=1S/C14H22N2OS2/c1-4-5-6-9-16(3)10-7-8-15-13(17)14(2)11-18-19-12-14/h4-6,9H,3,7-8,10-12H2,1-2H3/p+1. The third kappa shape index (κ3) is 5.87. The summed E-state index contributed by atoms with van der Waals surface area (Å²) in [6.45, 7) is 9.49. The van der Waals surface area contributed by atoms with Crippen LogP contribution in [-0.2, 0) is 4.79 Å². The maximum atomic E-state index is 12.0. The van der Waals surface area contributed by atoms with Crippen LogP contribution in [0.2, 0.25) is 0 Å². The minimum Gasteiger partial charge on any atom is -0.355 e. The lowest BCUT2D eigenvalue weighted by Crippen LogP contribution is -2.41. The minimum atomic E-state index is -0.189. The lowest BCUT2D eigenvalue weighted by molar-refractivity contribution is -0.447. The molecule has 0 radical (unpaired) electrons. The van der Waals surface area contributed by atoms with Crippen LogP contribution in [0.1, 0.15) is 20.3 Å². The van der Waals surface area contributed by atoms with Crippen molar-refractivity contribution < 1.29 is 9.37 Å². The summed E-state index contributed by atoms with van der Waals surface area (Å²) in [7, 11) is 3.57. The Labute approximate surface area is 124 Å². The number of nitrogens with zero attached hydrogens (tertiary/aromatic N) is 1. The van der Waals surface area contributed by atoms with E-state index in [1.54, 1.807) is 21.6 Å². The molecule has 0 bridgehead atoms. The van der Waals surface area contributed by atoms with Gasteiger partial charge in [-0.05, 0) is 13.8 Å². The third-order valence-corrected chi connectivity index (χ3v) is 5.78. The number of carbonyl (C=O) groups is 1. The summed E-state index contributed by atoms with van der Waals surface area (Å²) in [5, 5.41) is 3.03. The molecule has 0 aliphatic carbocycles. The van der Waals surface area contributed by atoms with Crippen molar-refractivity contribution in [2.24, 2.45) is 5.41 Å². The van der Waals surface area contributed by atoms with E-state index < -0.39 is 0 Å². The first-order valence-electron chi connectivity index (χ1n) is 6.48. The van der Waals surface area contributed by atoms with Crippen LogP contribution < -0.4 is 5.32 Å². The van der Waals surface area contributed by atoms with Gasteiger partial charge in [-0.25, -0.2) is 4.58 Å². The van der Waals surface area contributed by atoms with Crippen LogP contribution >= 0.6 is 21.6 Å². The van der Waals surface area contributed by atoms with Crippen molar-refractivity contribution in [1.29, 1.82) is 0 Å². The topological polar surface area (TPSA) is 32.1 Å². The Balaban J connectivity index is 2.17. The average molecular weight is 299 g/mol. The van der Waals surface area contributed by atoms with E-state index in [9.17, 15) is 4.79 Å². The summed E-state index contributed by atoms with van der Waals surface area (Å²) in [5.41, 5.74) is -0.189. The highest BCUT2D eigenvalue weighted by molar-refractivity contribution is 8.77. The second-order valence-electron chi connectivity index (χ2n) is 4.87. The molecule has 5 heteroatoms. The SMILES string of the molecule is C=[N+](C=CC=CC)CCCNC(=O)C1(C)CSSC1. The molecule has 1 fully saturated rings. The second kappa shape index (κ2) is 8.48. The van der Waals surface area contributed by atoms with Crippen LogP contribution in [0.3, 0.4) is 0 Å². The molecule has 1 amide bonds. The van der Waals surface area contributed by atoms with Gasteiger partial charge in [0.2, 0.25) is 5.91 Å². The number of rotatable bonds is 7. The fourth-order valence-corrected chi connectivity index (χ4v) is 4.91. The van der Waals surface area contributed by atoms with E-state index in [1.165, 1.54) is 0 Å². The molecule has 0 unspecified atom stereocenters. The minimum absolute atomic E-state index is 0.185. The maximum absolute atomic E-state index is 12.0. The molecular formula is C14H23N2OS2+. The highest BCUT2D eigenvalue weighted by Gasteiger charge is 2.37. The van der Waals surface area contributed by atoms with E-state index in [1.807, 2.05) is 42.9 Å². The van der Waals surface area contributed by atoms with Crippen LogP contribution in [0.15, 0.2) is 24.4 Å². The van der Waals surface area contributed by atoms with Gasteiger partial charge in [-0.15, -0.1) is 0 Å². The molecule has 1 aliphatic rings. The monoisotopic (exact) mass is 299 g/mol. The lowest BCUT2D eigenvalue weighted by atomic mass is 9.95. The zero-order chi connectivity index (χ0) is 14.1. The highest BCUT2D eigenvalue weighted by Crippen LogP contribution is 2.42. The molecular weight excluding hydrogens is 276 g/mol. The van der Waals surface area contributed by atoms with Crippen molar-refractivity contribution in [2.75, 3.05) is 24.6 Å². The van der Waals surface area contributed by atoms with Gasteiger partial charge in [-0.3, -0.25) is 4.79 Å². The van der Waals surface area contributed by atoms with E-state index in [-0.39, 0.29) is 11.3 Å². The molecule has 0 spiro atoms. The van der Waals surface area contributed by atoms with Gasteiger partial charge in [0.15, 0.2) is 6.20 Å². The van der Waals surface area contributed by atoms with E-state index in [2.05, 4.69) is 12.0 Å². The summed E-state index contributed by atoms with van der Waals surface area (Å²) >= 11 is 0. The summed E-state index contributed by atoms with van der Waals surface area (Å²) in [4.78, 5) is 12.0. The zero-order valence-corrected chi connectivity index (χ0v) is 13.4. The van der Waals surface area contributed by atoms with E-state index in [0.717, 1.165) is 24.5 Å². The van der Waals surface area contributed by atoms with Crippen LogP contribution in [0, 0.1) is 5.41 Å². The Morgan fingerprint density at radius 2 is 2.11 bits per heavy atom. The first-order chi connectivity index (χ1) is 9.08. The zero-order valence-electron chi connectivity index (χ0n) is 11.7. The lowest BCUT2D eigenvalue weighted by Gasteiger charge is -2.20. The molecule has 1 saturated heterocycles. The predicted molar refractivity (Wildman–Crippen MR) is 86.9 cm³/mol. The van der Waals surface area contributed by atoms with Gasteiger partial charge in [0.05, 0.1) is 5.41 Å². The van der Waals surface area contributed by atoms with Gasteiger partial charge in [-0.2, -0.15) is 0 Å². The smallest absolute Gasteiger partial charge is 0.227 e. The van der Waals surface area contributed by atoms with Crippen LogP contribution in [0.25, 0.3) is 0 Å². The summed E-state index contributed by atoms with van der Waals surface area (Å²) in [6, 6.07) is 0. The van der Waals surface area contributed by atoms with Crippen LogP contribution in [0.5, 0.6) is 0 Å². The molecule has 0 aromatic carbocycles. The molecule has 1 aliphatic heterocycles. The Kier molecular flexibility index (Phi) is 7.31. The van der Waals surface area contributed by atoms with Crippen molar-refractivity contribution in [2.45, 2.75) is 20.3 Å². The molecule has 3 nitrogen and oxygen atoms in total. The number of allylic oxidation sites excluding steroid dienone is 3. The molecule has 0 aromatic heterocycles. The van der Waals surface area contributed by atoms with E-state index >= 15 is 0 Å². The van der Waals surface area contributed by atoms with Gasteiger partial charge in [0.1, 0.15) is 13.3 Å². The van der Waals surface area contributed by atoms with Gasteiger partial charge >= 0.3 is 0 Å². The number of nitrogens with one attached hydrogen (secondary N) is 1. The fourth-order valence-electron chi connectivity index (χ4n) is 1.57. The molecule has 0 saturated carbocycles. The van der Waals surface area contributed by atoms with Gasteiger partial charge in [-0.1, -0.05) is 33.7 Å². The van der Waals surface area contributed by atoms with Crippen LogP contribution in [0.4, 0.5) is 0 Å². The fraction of sp³-hybridized carbons (Fsp3) is 0.571. The number of amides is 1. The molecule has 0 aromatic rings. The first kappa shape index (κ1) is 16.4. The Hall–Kier alpha value is -0.680. The average Bonchev–Trinajstić information content (AvgIpc) is 2.83. The summed E-state index contributed by atoms with van der Waals surface area (Å²) < 4.78 is 1.88. The van der Waals surface area contributed by atoms with Gasteiger partial charge in [0, 0.05) is 30.5 Å². The number of hydrogen-bond acceptors (Lipinski definition) is 3. The highest BCUT2D eigenvalue weighted by atomic mass is 33.1. The van der Waals surface area contributed by atoms with Gasteiger partial charge < -0.3 is 5.32 Å². The van der Waals surface area contributed by atoms with E-state index in [0.29, 0.717) is 6.54 Å². The normalized spacial score (nSPS) is 18.2. The Morgan fingerprint density at radius 1 is 1.42 bits per heavy atom. The third-order valence-electron chi connectivity index (χ3n) is 2.89. The van der Waals surface area contributed by atoms with Crippen molar-refractivity contribution in [3.63, 3.8) is 0 Å². The van der Waals surface area contributed by atoms with Crippen molar-refractivity contribution in [3.8, 4) is 0 Å². The van der Waals surface area contributed by atoms with Gasteiger partial charge in [0.25, 0.3) is 0 Å². The molecule has 1 N–H and O–H groups in total. The molecule has 0 atom stereocenters. The molecule has 19 heavy (non-hydrogen) atoms. The maximum Gasteiger partial charge on any atom is 0.227 e. The largest absolute Gasteiger partial charge is 0.355 e. The molecule has 1 rings (SSSR count). The second-order valence-corrected chi connectivity index (χ2v) is 7.34. The Morgan fingerprint density at radius 3 is 2.74 bits per heavy atom. The molecule has 106 valence electrons. The van der Waals surface area contributed by atoms with Crippen molar-refractivity contribution in [3.05, 3.63) is 24.4 Å². The first-order valence-corrected chi connectivity index (χ1v) is 8.96. The predicted octanol–water partition coefficient (Wildman–Crippen LogP) is 2.70. The summed E-state index contributed by atoms with van der Waals surface area (Å²) in [6.07, 6.45) is 8.75. The summed E-state index contributed by atoms with van der Waals surface area (Å²) in [5.74, 6) is 2.01. The molecule has 1 heterocycles. The number of hydrogen-bond donors (Lipinski definition) is 1.